The van der Waals surface area contributed by atoms with Crippen molar-refractivity contribution in [3.8, 4) is 0 Å². The van der Waals surface area contributed by atoms with E-state index in [0.29, 0.717) is 6.79 Å². The fraction of sp³-hybridized carbons (Fsp3) is 0.929. The molecule has 0 fully saturated rings. The van der Waals surface area contributed by atoms with Crippen LogP contribution in [0, 0.1) is 0 Å². The van der Waals surface area contributed by atoms with Crippen molar-refractivity contribution < 1.29 is 18.9 Å². The Morgan fingerprint density at radius 2 is 1.12 bits per heavy atom. The fourth-order valence-corrected chi connectivity index (χ4v) is 3.61. The second kappa shape index (κ2) is 28.5. The number of rotatable bonds is 27. The van der Waals surface area contributed by atoms with E-state index in [2.05, 4.69) is 26.8 Å². The summed E-state index contributed by atoms with van der Waals surface area (Å²) in [4.78, 5) is 0. The molecule has 0 aromatic carbocycles. The van der Waals surface area contributed by atoms with Crippen LogP contribution in [0.1, 0.15) is 136 Å². The molecule has 0 unspecified atom stereocenters. The topological polar surface area (TPSA) is 36.9 Å². The minimum absolute atomic E-state index is 0.0159. The van der Waals surface area contributed by atoms with E-state index in [1.807, 2.05) is 6.26 Å². The average Bonchev–Trinajstić information content (AvgIpc) is 2.81. The number of allylic oxidation sites excluding steroid dienone is 1. The van der Waals surface area contributed by atoms with E-state index in [1.54, 1.807) is 0 Å². The van der Waals surface area contributed by atoms with Crippen molar-refractivity contribution in [1.82, 2.24) is 0 Å². The Morgan fingerprint density at radius 1 is 0.562 bits per heavy atom. The second-order valence-electron chi connectivity index (χ2n) is 8.91. The van der Waals surface area contributed by atoms with Crippen LogP contribution in [-0.4, -0.2) is 32.9 Å². The van der Waals surface area contributed by atoms with Crippen LogP contribution in [0.15, 0.2) is 12.3 Å². The first-order valence-corrected chi connectivity index (χ1v) is 13.9. The molecule has 4 nitrogen and oxygen atoms in total. The minimum atomic E-state index is 0.0159. The van der Waals surface area contributed by atoms with Gasteiger partial charge in [-0.15, -0.1) is 0 Å². The standard InChI is InChI=1S/C28H56O4/c1-4-7-8-17-20-25-29-27-30-26-21-18-15-13-11-9-10-12-14-16-19-22-28(31-23-5-2)32-24-6-3/h21,26,28H,4-20,22-25,27H2,1-3H3. The molecule has 0 amide bonds. The molecule has 0 aromatic heterocycles. The number of unbranched alkanes of at least 4 members (excludes halogenated alkanes) is 13. The van der Waals surface area contributed by atoms with Gasteiger partial charge in [-0.1, -0.05) is 91.4 Å². The number of hydrogen-bond acceptors (Lipinski definition) is 4. The van der Waals surface area contributed by atoms with E-state index < -0.39 is 0 Å². The first kappa shape index (κ1) is 31.4. The molecule has 0 aliphatic rings. The molecule has 0 aliphatic heterocycles. The van der Waals surface area contributed by atoms with Gasteiger partial charge in [0.15, 0.2) is 13.1 Å². The van der Waals surface area contributed by atoms with Gasteiger partial charge in [-0.2, -0.15) is 0 Å². The molecule has 0 rings (SSSR count). The van der Waals surface area contributed by atoms with Crippen LogP contribution in [0.2, 0.25) is 0 Å². The Bertz CT molecular complexity index is 351. The zero-order chi connectivity index (χ0) is 23.4. The lowest BCUT2D eigenvalue weighted by Crippen LogP contribution is -2.18. The third kappa shape index (κ3) is 25.7. The molecule has 0 heterocycles. The van der Waals surface area contributed by atoms with Crippen LogP contribution in [-0.2, 0) is 18.9 Å². The van der Waals surface area contributed by atoms with E-state index in [9.17, 15) is 0 Å². The summed E-state index contributed by atoms with van der Waals surface area (Å²) in [6, 6.07) is 0. The predicted molar refractivity (Wildman–Crippen MR) is 137 cm³/mol. The lowest BCUT2D eigenvalue weighted by Gasteiger charge is -2.18. The molecule has 0 saturated heterocycles. The fourth-order valence-electron chi connectivity index (χ4n) is 3.61. The van der Waals surface area contributed by atoms with Crippen molar-refractivity contribution in [2.24, 2.45) is 0 Å². The van der Waals surface area contributed by atoms with Crippen LogP contribution in [0.5, 0.6) is 0 Å². The lowest BCUT2D eigenvalue weighted by atomic mass is 10.1. The highest BCUT2D eigenvalue weighted by atomic mass is 16.7. The molecule has 32 heavy (non-hydrogen) atoms. The van der Waals surface area contributed by atoms with Gasteiger partial charge in [-0.25, -0.2) is 0 Å². The molecule has 0 N–H and O–H groups in total. The Balaban J connectivity index is 3.27. The Kier molecular flexibility index (Phi) is 27.9. The Hall–Kier alpha value is -0.580. The normalized spacial score (nSPS) is 11.8. The summed E-state index contributed by atoms with van der Waals surface area (Å²) in [5, 5.41) is 0. The molecule has 0 aliphatic carbocycles. The van der Waals surface area contributed by atoms with Crippen molar-refractivity contribution in [3.63, 3.8) is 0 Å². The van der Waals surface area contributed by atoms with E-state index in [0.717, 1.165) is 51.9 Å². The molecule has 0 bridgehead atoms. The minimum Gasteiger partial charge on any atom is -0.475 e. The predicted octanol–water partition coefficient (Wildman–Crippen LogP) is 8.93. The van der Waals surface area contributed by atoms with E-state index in [1.165, 1.54) is 83.5 Å². The largest absolute Gasteiger partial charge is 0.475 e. The molecule has 0 aromatic rings. The van der Waals surface area contributed by atoms with Gasteiger partial charge in [-0.3, -0.25) is 0 Å². The first-order valence-electron chi connectivity index (χ1n) is 13.9. The summed E-state index contributed by atoms with van der Waals surface area (Å²) in [5.41, 5.74) is 0. The summed E-state index contributed by atoms with van der Waals surface area (Å²) in [5.74, 6) is 0. The van der Waals surface area contributed by atoms with Crippen molar-refractivity contribution in [2.75, 3.05) is 26.6 Å². The van der Waals surface area contributed by atoms with Crippen LogP contribution in [0.4, 0.5) is 0 Å². The van der Waals surface area contributed by atoms with E-state index in [-0.39, 0.29) is 6.29 Å². The third-order valence-electron chi connectivity index (χ3n) is 5.56. The van der Waals surface area contributed by atoms with Crippen LogP contribution >= 0.6 is 0 Å². The number of hydrogen-bond donors (Lipinski definition) is 0. The maximum absolute atomic E-state index is 5.80. The average molecular weight is 457 g/mol. The summed E-state index contributed by atoms with van der Waals surface area (Å²) >= 11 is 0. The molecular weight excluding hydrogens is 400 g/mol. The van der Waals surface area contributed by atoms with Gasteiger partial charge in [0.1, 0.15) is 0 Å². The van der Waals surface area contributed by atoms with Crippen molar-refractivity contribution in [3.05, 3.63) is 12.3 Å². The van der Waals surface area contributed by atoms with Crippen molar-refractivity contribution in [1.29, 1.82) is 0 Å². The quantitative estimate of drug-likeness (QED) is 0.0702. The van der Waals surface area contributed by atoms with Crippen LogP contribution in [0.3, 0.4) is 0 Å². The highest BCUT2D eigenvalue weighted by Gasteiger charge is 2.08. The third-order valence-corrected chi connectivity index (χ3v) is 5.56. The van der Waals surface area contributed by atoms with Crippen LogP contribution in [0.25, 0.3) is 0 Å². The summed E-state index contributed by atoms with van der Waals surface area (Å²) in [7, 11) is 0. The summed E-state index contributed by atoms with van der Waals surface area (Å²) in [6.07, 6.45) is 26.5. The lowest BCUT2D eigenvalue weighted by molar-refractivity contribution is -0.146. The Labute approximate surface area is 200 Å². The summed E-state index contributed by atoms with van der Waals surface area (Å²) < 4.78 is 22.5. The molecule has 0 radical (unpaired) electrons. The van der Waals surface area contributed by atoms with Gasteiger partial charge < -0.3 is 18.9 Å². The zero-order valence-corrected chi connectivity index (χ0v) is 21.9. The molecule has 0 spiro atoms. The zero-order valence-electron chi connectivity index (χ0n) is 21.9. The molecule has 0 atom stereocenters. The first-order chi connectivity index (χ1) is 15.8. The maximum Gasteiger partial charge on any atom is 0.188 e. The van der Waals surface area contributed by atoms with Crippen molar-refractivity contribution in [2.45, 2.75) is 143 Å². The van der Waals surface area contributed by atoms with Gasteiger partial charge in [0.05, 0.1) is 12.9 Å². The monoisotopic (exact) mass is 456 g/mol. The van der Waals surface area contributed by atoms with Gasteiger partial charge in [0.2, 0.25) is 0 Å². The SMILES string of the molecule is CCCCCCCOCOC=CCCCCCCCCCCCC(OCCC)OCCC. The van der Waals surface area contributed by atoms with E-state index >= 15 is 0 Å². The van der Waals surface area contributed by atoms with Crippen molar-refractivity contribution >= 4 is 0 Å². The highest BCUT2D eigenvalue weighted by molar-refractivity contribution is 4.72. The van der Waals surface area contributed by atoms with Gasteiger partial charge in [-0.05, 0) is 51.0 Å². The maximum atomic E-state index is 5.80. The van der Waals surface area contributed by atoms with Gasteiger partial charge >= 0.3 is 0 Å². The molecular formula is C28H56O4. The smallest absolute Gasteiger partial charge is 0.188 e. The molecule has 4 heteroatoms. The van der Waals surface area contributed by atoms with Crippen LogP contribution < -0.4 is 0 Å². The van der Waals surface area contributed by atoms with E-state index in [4.69, 9.17) is 18.9 Å². The number of ether oxygens (including phenoxy) is 4. The van der Waals surface area contributed by atoms with Gasteiger partial charge in [0, 0.05) is 13.2 Å². The second-order valence-corrected chi connectivity index (χ2v) is 8.91. The summed E-state index contributed by atoms with van der Waals surface area (Å²) in [6.45, 7) is 9.37. The van der Waals surface area contributed by atoms with Gasteiger partial charge in [0.25, 0.3) is 0 Å². The highest BCUT2D eigenvalue weighted by Crippen LogP contribution is 2.14. The molecule has 192 valence electrons. The molecule has 0 saturated carbocycles. The Morgan fingerprint density at radius 3 is 1.75 bits per heavy atom.